The van der Waals surface area contributed by atoms with E-state index in [2.05, 4.69) is 20.9 Å². The minimum Gasteiger partial charge on any atom is -0.497 e. The van der Waals surface area contributed by atoms with Crippen LogP contribution >= 0.6 is 15.9 Å². The molecule has 0 saturated heterocycles. The second-order valence-electron chi connectivity index (χ2n) is 4.11. The molecular weight excluding hydrogens is 306 g/mol. The summed E-state index contributed by atoms with van der Waals surface area (Å²) in [7, 11) is 1.64. The number of aryl methyl sites for hydroxylation is 1. The van der Waals surface area contributed by atoms with E-state index in [1.165, 1.54) is 0 Å². The Bertz CT molecular complexity index is 567. The first-order valence-corrected chi connectivity index (χ1v) is 6.76. The van der Waals surface area contributed by atoms with Crippen LogP contribution < -0.4 is 4.74 Å². The highest BCUT2D eigenvalue weighted by Gasteiger charge is 2.11. The lowest BCUT2D eigenvalue weighted by atomic mass is 10.1. The van der Waals surface area contributed by atoms with Crippen molar-refractivity contribution in [3.63, 3.8) is 0 Å². The molecule has 0 saturated carbocycles. The van der Waals surface area contributed by atoms with Gasteiger partial charge >= 0.3 is 0 Å². The molecule has 2 rings (SSSR count). The van der Waals surface area contributed by atoms with Crippen molar-refractivity contribution in [2.24, 2.45) is 0 Å². The molecule has 98 valence electrons. The number of rotatable bonds is 5. The van der Waals surface area contributed by atoms with E-state index in [4.69, 9.17) is 4.74 Å². The number of hydrogen-bond donors (Lipinski definition) is 0. The van der Waals surface area contributed by atoms with Crippen LogP contribution in [0.4, 0.5) is 0 Å². The highest BCUT2D eigenvalue weighted by molar-refractivity contribution is 9.10. The van der Waals surface area contributed by atoms with Crippen molar-refractivity contribution in [3.05, 3.63) is 58.3 Å². The lowest BCUT2D eigenvalue weighted by Crippen LogP contribution is -2.04. The number of Topliss-reactive ketones (excluding diaryl/α,β-unsaturated/α-hetero) is 1. The number of aromatic nitrogens is 1. The molecule has 0 atom stereocenters. The fraction of sp³-hybridized carbons (Fsp3) is 0.200. The largest absolute Gasteiger partial charge is 0.497 e. The van der Waals surface area contributed by atoms with Gasteiger partial charge in [-0.15, -0.1) is 0 Å². The van der Waals surface area contributed by atoms with Crippen LogP contribution in [0.3, 0.4) is 0 Å². The monoisotopic (exact) mass is 319 g/mol. The molecular formula is C15H14BrNO2. The highest BCUT2D eigenvalue weighted by atomic mass is 79.9. The maximum Gasteiger partial charge on any atom is 0.182 e. The predicted octanol–water partition coefficient (Wildman–Crippen LogP) is 3.67. The lowest BCUT2D eigenvalue weighted by molar-refractivity contribution is 0.0977. The first kappa shape index (κ1) is 13.7. The molecule has 1 aromatic heterocycles. The first-order valence-electron chi connectivity index (χ1n) is 5.97. The van der Waals surface area contributed by atoms with Gasteiger partial charge in [-0.3, -0.25) is 9.78 Å². The van der Waals surface area contributed by atoms with Crippen LogP contribution in [0.1, 0.15) is 22.5 Å². The molecule has 0 amide bonds. The van der Waals surface area contributed by atoms with Crippen molar-refractivity contribution in [3.8, 4) is 5.75 Å². The Morgan fingerprint density at radius 1 is 1.26 bits per heavy atom. The molecule has 2 aromatic rings. The maximum atomic E-state index is 12.0. The number of hydrogen-bond acceptors (Lipinski definition) is 3. The normalized spacial score (nSPS) is 10.2. The number of carbonyl (C=O) groups is 1. The van der Waals surface area contributed by atoms with E-state index in [0.717, 1.165) is 15.8 Å². The quantitative estimate of drug-likeness (QED) is 0.789. The number of nitrogens with zero attached hydrogens (tertiary/aromatic N) is 1. The SMILES string of the molecule is COc1ccc(CCC(=O)c2ncccc2Br)cc1. The van der Waals surface area contributed by atoms with Gasteiger partial charge in [-0.1, -0.05) is 12.1 Å². The van der Waals surface area contributed by atoms with E-state index in [9.17, 15) is 4.79 Å². The molecule has 0 radical (unpaired) electrons. The van der Waals surface area contributed by atoms with Crippen molar-refractivity contribution in [1.29, 1.82) is 0 Å². The van der Waals surface area contributed by atoms with Crippen molar-refractivity contribution < 1.29 is 9.53 Å². The summed E-state index contributed by atoms with van der Waals surface area (Å²) >= 11 is 3.34. The first-order chi connectivity index (χ1) is 9.20. The third kappa shape index (κ3) is 3.64. The van der Waals surface area contributed by atoms with Crippen LogP contribution in [0.5, 0.6) is 5.75 Å². The molecule has 3 nitrogen and oxygen atoms in total. The second kappa shape index (κ2) is 6.48. The van der Waals surface area contributed by atoms with E-state index in [-0.39, 0.29) is 5.78 Å². The molecule has 1 aromatic carbocycles. The van der Waals surface area contributed by atoms with Gasteiger partial charge in [0.2, 0.25) is 0 Å². The molecule has 0 aliphatic heterocycles. The van der Waals surface area contributed by atoms with Crippen LogP contribution in [0, 0.1) is 0 Å². The van der Waals surface area contributed by atoms with Crippen LogP contribution in [-0.2, 0) is 6.42 Å². The Hall–Kier alpha value is -1.68. The Morgan fingerprint density at radius 3 is 2.63 bits per heavy atom. The van der Waals surface area contributed by atoms with Gasteiger partial charge in [0.15, 0.2) is 5.78 Å². The Morgan fingerprint density at radius 2 is 2.00 bits per heavy atom. The minimum absolute atomic E-state index is 0.0447. The maximum absolute atomic E-state index is 12.0. The van der Waals surface area contributed by atoms with Crippen LogP contribution in [0.15, 0.2) is 47.1 Å². The zero-order valence-electron chi connectivity index (χ0n) is 10.6. The predicted molar refractivity (Wildman–Crippen MR) is 77.6 cm³/mol. The minimum atomic E-state index is 0.0447. The molecule has 0 spiro atoms. The fourth-order valence-corrected chi connectivity index (χ4v) is 2.24. The van der Waals surface area contributed by atoms with E-state index >= 15 is 0 Å². The van der Waals surface area contributed by atoms with Crippen molar-refractivity contribution >= 4 is 21.7 Å². The average Bonchev–Trinajstić information content (AvgIpc) is 2.46. The summed E-state index contributed by atoms with van der Waals surface area (Å²) in [5.41, 5.74) is 1.61. The molecule has 0 N–H and O–H groups in total. The highest BCUT2D eigenvalue weighted by Crippen LogP contribution is 2.17. The molecule has 19 heavy (non-hydrogen) atoms. The van der Waals surface area contributed by atoms with Gasteiger partial charge in [0, 0.05) is 17.1 Å². The van der Waals surface area contributed by atoms with E-state index in [1.807, 2.05) is 30.3 Å². The van der Waals surface area contributed by atoms with Gasteiger partial charge in [-0.2, -0.15) is 0 Å². The van der Waals surface area contributed by atoms with E-state index in [1.54, 1.807) is 19.4 Å². The van der Waals surface area contributed by atoms with Gasteiger partial charge in [0.25, 0.3) is 0 Å². The van der Waals surface area contributed by atoms with Gasteiger partial charge in [-0.25, -0.2) is 0 Å². The summed E-state index contributed by atoms with van der Waals surface area (Å²) in [6.45, 7) is 0. The third-order valence-corrected chi connectivity index (χ3v) is 3.46. The third-order valence-electron chi connectivity index (χ3n) is 2.82. The standard InChI is InChI=1S/C15H14BrNO2/c1-19-12-7-4-11(5-8-12)6-9-14(18)15-13(16)3-2-10-17-15/h2-5,7-8,10H,6,9H2,1H3. The molecule has 0 aliphatic rings. The second-order valence-corrected chi connectivity index (χ2v) is 4.96. The molecule has 0 bridgehead atoms. The summed E-state index contributed by atoms with van der Waals surface area (Å²) in [6, 6.07) is 11.4. The van der Waals surface area contributed by atoms with Crippen molar-refractivity contribution in [1.82, 2.24) is 4.98 Å². The smallest absolute Gasteiger partial charge is 0.182 e. The van der Waals surface area contributed by atoms with Crippen LogP contribution in [-0.4, -0.2) is 17.9 Å². The van der Waals surface area contributed by atoms with E-state index in [0.29, 0.717) is 18.5 Å². The summed E-state index contributed by atoms with van der Waals surface area (Å²) in [4.78, 5) is 16.1. The topological polar surface area (TPSA) is 39.2 Å². The molecule has 0 aliphatic carbocycles. The Balaban J connectivity index is 1.98. The van der Waals surface area contributed by atoms with Crippen LogP contribution in [0.2, 0.25) is 0 Å². The summed E-state index contributed by atoms with van der Waals surface area (Å²) in [6.07, 6.45) is 2.78. The number of carbonyl (C=O) groups excluding carboxylic acids is 1. The number of halogens is 1. The van der Waals surface area contributed by atoms with Gasteiger partial charge in [0.1, 0.15) is 11.4 Å². The molecule has 4 heteroatoms. The zero-order valence-corrected chi connectivity index (χ0v) is 12.2. The van der Waals surface area contributed by atoms with Gasteiger partial charge < -0.3 is 4.74 Å². The number of ketones is 1. The number of benzene rings is 1. The van der Waals surface area contributed by atoms with Gasteiger partial charge in [0.05, 0.1) is 7.11 Å². The van der Waals surface area contributed by atoms with E-state index < -0.39 is 0 Å². The van der Waals surface area contributed by atoms with Crippen LogP contribution in [0.25, 0.3) is 0 Å². The molecule has 0 unspecified atom stereocenters. The van der Waals surface area contributed by atoms with Crippen molar-refractivity contribution in [2.45, 2.75) is 12.8 Å². The zero-order chi connectivity index (χ0) is 13.7. The number of methoxy groups -OCH3 is 1. The summed E-state index contributed by atoms with van der Waals surface area (Å²) in [5, 5.41) is 0. The van der Waals surface area contributed by atoms with Crippen molar-refractivity contribution in [2.75, 3.05) is 7.11 Å². The summed E-state index contributed by atoms with van der Waals surface area (Å²) < 4.78 is 5.84. The molecule has 1 heterocycles. The fourth-order valence-electron chi connectivity index (χ4n) is 1.76. The summed E-state index contributed by atoms with van der Waals surface area (Å²) in [5.74, 6) is 0.867. The Labute approximate surface area is 120 Å². The van der Waals surface area contributed by atoms with Gasteiger partial charge in [-0.05, 0) is 52.2 Å². The Kier molecular flexibility index (Phi) is 4.68. The number of pyridine rings is 1. The number of ether oxygens (including phenoxy) is 1. The average molecular weight is 320 g/mol. The lowest BCUT2D eigenvalue weighted by Gasteiger charge is -2.04. The molecule has 0 fully saturated rings.